The molecule has 0 spiro atoms. The van der Waals surface area contributed by atoms with Crippen molar-refractivity contribution in [2.24, 2.45) is 5.73 Å². The Morgan fingerprint density at radius 3 is 2.79 bits per heavy atom. The average Bonchev–Trinajstić information content (AvgIpc) is 2.37. The molecule has 102 valence electrons. The first-order valence-electron chi connectivity index (χ1n) is 5.60. The van der Waals surface area contributed by atoms with Crippen LogP contribution in [-0.2, 0) is 22.5 Å². The van der Waals surface area contributed by atoms with Crippen LogP contribution in [0.1, 0.15) is 35.9 Å². The highest BCUT2D eigenvalue weighted by molar-refractivity contribution is 5.72. The van der Waals surface area contributed by atoms with Crippen molar-refractivity contribution in [3.05, 3.63) is 28.6 Å². The number of nitrogens with two attached hydrogens (primary N) is 1. The highest BCUT2D eigenvalue weighted by atomic mass is 19.3. The van der Waals surface area contributed by atoms with Gasteiger partial charge >= 0.3 is 5.97 Å². The fourth-order valence-electron chi connectivity index (χ4n) is 1.59. The van der Waals surface area contributed by atoms with Gasteiger partial charge in [0.2, 0.25) is 0 Å². The second-order valence-corrected chi connectivity index (χ2v) is 3.62. The maximum atomic E-state index is 12.9. The summed E-state index contributed by atoms with van der Waals surface area (Å²) in [5.41, 5.74) is 4.88. The predicted molar refractivity (Wildman–Crippen MR) is 62.1 cm³/mol. The number of esters is 1. The van der Waals surface area contributed by atoms with Crippen molar-refractivity contribution in [1.29, 1.82) is 5.26 Å². The molecule has 0 saturated heterocycles. The number of hydrogen-bond donors (Lipinski definition) is 1. The van der Waals surface area contributed by atoms with E-state index in [1.54, 1.807) is 13.0 Å². The Morgan fingerprint density at radius 1 is 1.63 bits per heavy atom. The lowest BCUT2D eigenvalue weighted by molar-refractivity contribution is -0.142. The van der Waals surface area contributed by atoms with E-state index in [0.717, 1.165) is 0 Å². The van der Waals surface area contributed by atoms with Crippen LogP contribution in [-0.4, -0.2) is 17.6 Å². The van der Waals surface area contributed by atoms with Gasteiger partial charge in [0.25, 0.3) is 6.43 Å². The molecule has 1 heterocycles. The van der Waals surface area contributed by atoms with Crippen molar-refractivity contribution < 1.29 is 18.3 Å². The summed E-state index contributed by atoms with van der Waals surface area (Å²) in [7, 11) is 0. The van der Waals surface area contributed by atoms with Crippen molar-refractivity contribution in [3.8, 4) is 6.07 Å². The zero-order chi connectivity index (χ0) is 14.4. The highest BCUT2D eigenvalue weighted by Gasteiger charge is 2.20. The molecule has 0 bridgehead atoms. The first-order valence-corrected chi connectivity index (χ1v) is 5.60. The number of aromatic nitrogens is 1. The first-order chi connectivity index (χ1) is 9.03. The Balaban J connectivity index is 3.18. The minimum Gasteiger partial charge on any atom is -0.466 e. The van der Waals surface area contributed by atoms with Crippen molar-refractivity contribution in [3.63, 3.8) is 0 Å². The predicted octanol–water partition coefficient (Wildman–Crippen LogP) is 1.46. The van der Waals surface area contributed by atoms with Crippen molar-refractivity contribution in [2.75, 3.05) is 6.61 Å². The van der Waals surface area contributed by atoms with Gasteiger partial charge < -0.3 is 10.5 Å². The number of alkyl halides is 2. The van der Waals surface area contributed by atoms with Crippen LogP contribution in [0.2, 0.25) is 0 Å². The fourth-order valence-corrected chi connectivity index (χ4v) is 1.59. The lowest BCUT2D eigenvalue weighted by Gasteiger charge is -2.10. The third-order valence-electron chi connectivity index (χ3n) is 2.37. The van der Waals surface area contributed by atoms with Gasteiger partial charge in [-0.05, 0) is 13.0 Å². The molecule has 0 aliphatic heterocycles. The van der Waals surface area contributed by atoms with Gasteiger partial charge in [0, 0.05) is 12.1 Å². The van der Waals surface area contributed by atoms with Crippen LogP contribution < -0.4 is 5.73 Å². The molecule has 1 aromatic heterocycles. The highest BCUT2D eigenvalue weighted by Crippen LogP contribution is 2.24. The van der Waals surface area contributed by atoms with Gasteiger partial charge in [-0.25, -0.2) is 8.78 Å². The van der Waals surface area contributed by atoms with Crippen LogP contribution in [0, 0.1) is 11.3 Å². The van der Waals surface area contributed by atoms with E-state index < -0.39 is 18.1 Å². The third-order valence-corrected chi connectivity index (χ3v) is 2.37. The molecular weight excluding hydrogens is 256 g/mol. The summed E-state index contributed by atoms with van der Waals surface area (Å²) in [6.07, 6.45) is -3.11. The van der Waals surface area contributed by atoms with Crippen LogP contribution in [0.15, 0.2) is 6.07 Å². The maximum Gasteiger partial charge on any atom is 0.311 e. The number of nitriles is 1. The zero-order valence-electron chi connectivity index (χ0n) is 10.3. The molecule has 2 N–H and O–H groups in total. The molecule has 7 heteroatoms. The third kappa shape index (κ3) is 3.69. The SMILES string of the molecule is CCOC(=O)Cc1cc(C#N)c(CN)c(C(F)F)n1. The summed E-state index contributed by atoms with van der Waals surface area (Å²) in [5.74, 6) is -0.584. The van der Waals surface area contributed by atoms with Gasteiger partial charge in [-0.2, -0.15) is 5.26 Å². The normalized spacial score (nSPS) is 10.3. The van der Waals surface area contributed by atoms with Crippen molar-refractivity contribution >= 4 is 5.97 Å². The van der Waals surface area contributed by atoms with E-state index >= 15 is 0 Å². The van der Waals surface area contributed by atoms with Gasteiger partial charge in [-0.1, -0.05) is 0 Å². The Labute approximate surface area is 109 Å². The topological polar surface area (TPSA) is 89.0 Å². The Kier molecular flexibility index (Phi) is 5.33. The Morgan fingerprint density at radius 2 is 2.32 bits per heavy atom. The van der Waals surface area contributed by atoms with Crippen LogP contribution in [0.5, 0.6) is 0 Å². The molecule has 1 rings (SSSR count). The minimum atomic E-state index is -2.85. The van der Waals surface area contributed by atoms with E-state index in [9.17, 15) is 13.6 Å². The van der Waals surface area contributed by atoms with E-state index in [1.807, 2.05) is 0 Å². The summed E-state index contributed by atoms with van der Waals surface area (Å²) >= 11 is 0. The summed E-state index contributed by atoms with van der Waals surface area (Å²) in [5, 5.41) is 8.92. The monoisotopic (exact) mass is 269 g/mol. The Bertz CT molecular complexity index is 512. The van der Waals surface area contributed by atoms with Crippen LogP contribution in [0.4, 0.5) is 8.78 Å². The van der Waals surface area contributed by atoms with Gasteiger partial charge in [-0.15, -0.1) is 0 Å². The van der Waals surface area contributed by atoms with E-state index in [0.29, 0.717) is 0 Å². The van der Waals surface area contributed by atoms with Crippen LogP contribution in [0.3, 0.4) is 0 Å². The summed E-state index contributed by atoms with van der Waals surface area (Å²) < 4.78 is 30.4. The number of pyridine rings is 1. The standard InChI is InChI=1S/C12H13F2N3O2/c1-2-19-10(18)4-8-3-7(5-15)9(6-16)11(17-8)12(13)14/h3,12H,2,4,6,16H2,1H3. The average molecular weight is 269 g/mol. The van der Waals surface area contributed by atoms with Crippen molar-refractivity contribution in [2.45, 2.75) is 26.3 Å². The largest absolute Gasteiger partial charge is 0.466 e. The molecule has 0 aromatic carbocycles. The molecular formula is C12H13F2N3O2. The number of nitrogens with zero attached hydrogens (tertiary/aromatic N) is 2. The molecule has 1 aromatic rings. The first kappa shape index (κ1) is 15.0. The second-order valence-electron chi connectivity index (χ2n) is 3.62. The summed E-state index contributed by atoms with van der Waals surface area (Å²) in [6, 6.07) is 3.06. The molecule has 0 radical (unpaired) electrons. The number of carbonyl (C=O) groups is 1. The lowest BCUT2D eigenvalue weighted by Crippen LogP contribution is -2.13. The van der Waals surface area contributed by atoms with E-state index in [4.69, 9.17) is 15.7 Å². The van der Waals surface area contributed by atoms with E-state index in [-0.39, 0.29) is 36.4 Å². The summed E-state index contributed by atoms with van der Waals surface area (Å²) in [6.45, 7) is 1.61. The number of halogens is 2. The van der Waals surface area contributed by atoms with E-state index in [1.165, 1.54) is 6.07 Å². The fraction of sp³-hybridized carbons (Fsp3) is 0.417. The van der Waals surface area contributed by atoms with Crippen LogP contribution >= 0.6 is 0 Å². The van der Waals surface area contributed by atoms with Crippen LogP contribution in [0.25, 0.3) is 0 Å². The van der Waals surface area contributed by atoms with E-state index in [2.05, 4.69) is 4.98 Å². The van der Waals surface area contributed by atoms with Gasteiger partial charge in [0.1, 0.15) is 5.69 Å². The number of carbonyl (C=O) groups excluding carboxylic acids is 1. The second kappa shape index (κ2) is 6.75. The molecule has 19 heavy (non-hydrogen) atoms. The summed E-state index contributed by atoms with van der Waals surface area (Å²) in [4.78, 5) is 15.0. The molecule has 0 aliphatic carbocycles. The molecule has 0 amide bonds. The quantitative estimate of drug-likeness (QED) is 0.817. The van der Waals surface area contributed by atoms with Gasteiger partial charge in [0.05, 0.1) is 30.4 Å². The lowest BCUT2D eigenvalue weighted by atomic mass is 10.0. The Hall–Kier alpha value is -2.07. The maximum absolute atomic E-state index is 12.9. The number of rotatable bonds is 5. The molecule has 0 atom stereocenters. The van der Waals surface area contributed by atoms with Crippen molar-refractivity contribution in [1.82, 2.24) is 4.98 Å². The molecule has 0 unspecified atom stereocenters. The molecule has 0 fully saturated rings. The molecule has 0 aliphatic rings. The number of hydrogen-bond acceptors (Lipinski definition) is 5. The minimum absolute atomic E-state index is 0.00473. The van der Waals surface area contributed by atoms with Gasteiger partial charge in [0.15, 0.2) is 0 Å². The smallest absolute Gasteiger partial charge is 0.311 e. The molecule has 0 saturated carbocycles. The number of ether oxygens (including phenoxy) is 1. The zero-order valence-corrected chi connectivity index (χ0v) is 10.3. The molecule has 5 nitrogen and oxygen atoms in total. The van der Waals surface area contributed by atoms with Gasteiger partial charge in [-0.3, -0.25) is 9.78 Å².